The molecule has 0 aliphatic carbocycles. The second-order valence-electron chi connectivity index (χ2n) is 22.2. The fourth-order valence-electron chi connectivity index (χ4n) is 9.68. The van der Waals surface area contributed by atoms with E-state index in [1.165, 1.54) is 12.1 Å². The van der Waals surface area contributed by atoms with Crippen molar-refractivity contribution in [2.75, 3.05) is 13.2 Å². The van der Waals surface area contributed by atoms with Crippen LogP contribution in [0.5, 0.6) is 23.0 Å². The molecule has 14 nitrogen and oxygen atoms in total. The van der Waals surface area contributed by atoms with Crippen LogP contribution < -0.4 is 9.47 Å². The van der Waals surface area contributed by atoms with E-state index in [0.29, 0.717) is 68.7 Å². The standard InChI is InChI=1S/C40H33N3O4.C36H29N3O3.C4H5ClO/c1-26(2)40(45)46-25-27(3)47-34-22-23-35(36(44)24-34)39-42-37(32-18-14-30(15-19-32)28-10-6-4-7-11-28)41-38(43-39)33-20-16-31(17-21-33)29-12-8-5-9-13-29;1-24(23-40)42-31-20-21-32(33(41)22-31)36-38-34(29-16-12-27(13-17-29)25-8-4-2-5-9-25)37-35(39-36)30-18-14-28(15-19-30)26-10-6-3-7-11-26;1-3(2)4(5)6/h4-24,27,44H,1,25H2,2-3H3;2-22,24,40-41H,23H2,1H3;1H2,2H3. The fraction of sp³-hybridized carbons (Fsp3) is 0.100. The summed E-state index contributed by atoms with van der Waals surface area (Å²) in [4.78, 5) is 50.4. The minimum absolute atomic E-state index is 0.0282. The van der Waals surface area contributed by atoms with Crippen molar-refractivity contribution in [1.82, 2.24) is 29.9 Å². The molecule has 10 aromatic carbocycles. The number of esters is 1. The summed E-state index contributed by atoms with van der Waals surface area (Å²) in [5, 5.41) is 30.9. The third kappa shape index (κ3) is 17.7. The van der Waals surface area contributed by atoms with Gasteiger partial charge in [-0.15, -0.1) is 0 Å². The van der Waals surface area contributed by atoms with E-state index in [4.69, 9.17) is 55.7 Å². The van der Waals surface area contributed by atoms with Gasteiger partial charge in [-0.2, -0.15) is 0 Å². The summed E-state index contributed by atoms with van der Waals surface area (Å²) < 4.78 is 16.7. The zero-order valence-electron chi connectivity index (χ0n) is 52.7. The number of benzene rings is 10. The summed E-state index contributed by atoms with van der Waals surface area (Å²) in [7, 11) is 0. The van der Waals surface area contributed by atoms with Crippen molar-refractivity contribution in [2.45, 2.75) is 39.9 Å². The number of nitrogens with zero attached hydrogens (tertiary/aromatic N) is 6. The predicted octanol–water partition coefficient (Wildman–Crippen LogP) is 17.8. The number of phenols is 2. The highest BCUT2D eigenvalue weighted by molar-refractivity contribution is 6.67. The Morgan fingerprint density at radius 2 is 0.632 bits per heavy atom. The maximum absolute atomic E-state index is 11.7. The van der Waals surface area contributed by atoms with E-state index in [9.17, 15) is 24.9 Å². The van der Waals surface area contributed by atoms with Crippen LogP contribution in [0.25, 0.3) is 113 Å². The van der Waals surface area contributed by atoms with Crippen molar-refractivity contribution >= 4 is 22.8 Å². The SMILES string of the molecule is C=C(C)C(=O)Cl.C=C(C)C(=O)OCC(C)Oc1ccc(-c2nc(-c3ccc(-c4ccccc4)cc3)nc(-c3ccc(-c4ccccc4)cc3)n2)c(O)c1.CC(CO)Oc1ccc(-c2nc(-c3ccc(-c4ccccc4)cc3)nc(-c3ccc(-c4ccccc4)cc3)n2)c(O)c1. The lowest BCUT2D eigenvalue weighted by Crippen LogP contribution is -2.21. The number of aromatic hydroxyl groups is 2. The van der Waals surface area contributed by atoms with Crippen molar-refractivity contribution < 1.29 is 39.1 Å². The van der Waals surface area contributed by atoms with Crippen molar-refractivity contribution in [2.24, 2.45) is 0 Å². The Morgan fingerprint density at radius 1 is 0.379 bits per heavy atom. The molecule has 95 heavy (non-hydrogen) atoms. The summed E-state index contributed by atoms with van der Waals surface area (Å²) in [5.41, 5.74) is 13.7. The Morgan fingerprint density at radius 3 is 0.884 bits per heavy atom. The first-order valence-corrected chi connectivity index (χ1v) is 30.9. The predicted molar refractivity (Wildman–Crippen MR) is 376 cm³/mol. The average molecular weight is 1280 g/mol. The minimum Gasteiger partial charge on any atom is -0.507 e. The average Bonchev–Trinajstić information content (AvgIpc) is 0.965. The first kappa shape index (κ1) is 66.2. The number of hydrogen-bond acceptors (Lipinski definition) is 14. The molecule has 0 bridgehead atoms. The molecule has 0 amide bonds. The topological polar surface area (TPSA) is 200 Å². The molecule has 0 aliphatic rings. The number of aliphatic hydroxyl groups is 1. The monoisotopic (exact) mass is 1270 g/mol. The van der Waals surface area contributed by atoms with Crippen molar-refractivity contribution in [3.63, 3.8) is 0 Å². The summed E-state index contributed by atoms with van der Waals surface area (Å²) in [6.07, 6.45) is -0.847. The van der Waals surface area contributed by atoms with Gasteiger partial charge in [0.05, 0.1) is 17.7 Å². The molecule has 2 unspecified atom stereocenters. The lowest BCUT2D eigenvalue weighted by molar-refractivity contribution is -0.141. The summed E-state index contributed by atoms with van der Waals surface area (Å²) in [5.74, 6) is 2.89. The molecule has 472 valence electrons. The van der Waals surface area contributed by atoms with E-state index in [-0.39, 0.29) is 24.7 Å². The molecule has 0 spiro atoms. The summed E-state index contributed by atoms with van der Waals surface area (Å²) >= 11 is 4.87. The van der Waals surface area contributed by atoms with E-state index in [1.54, 1.807) is 52.0 Å². The van der Waals surface area contributed by atoms with Gasteiger partial charge in [0.2, 0.25) is 5.24 Å². The lowest BCUT2D eigenvalue weighted by Gasteiger charge is -2.16. The number of carbonyl (C=O) groups is 2. The first-order chi connectivity index (χ1) is 46.0. The molecule has 0 saturated heterocycles. The normalized spacial score (nSPS) is 11.3. The first-order valence-electron chi connectivity index (χ1n) is 30.5. The maximum Gasteiger partial charge on any atom is 0.333 e. The third-order valence-corrected chi connectivity index (χ3v) is 15.1. The van der Waals surface area contributed by atoms with E-state index in [0.717, 1.165) is 66.8 Å². The quantitative estimate of drug-likeness (QED) is 0.0392. The van der Waals surface area contributed by atoms with Gasteiger partial charge in [-0.25, -0.2) is 34.7 Å². The van der Waals surface area contributed by atoms with Crippen LogP contribution >= 0.6 is 11.6 Å². The minimum atomic E-state index is -0.482. The van der Waals surface area contributed by atoms with Gasteiger partial charge in [0.15, 0.2) is 34.9 Å². The number of phenolic OH excluding ortho intramolecular Hbond substituents is 2. The number of rotatable bonds is 19. The molecular formula is C80H67ClN6O8. The number of aromatic nitrogens is 6. The van der Waals surface area contributed by atoms with Gasteiger partial charge >= 0.3 is 5.97 Å². The van der Waals surface area contributed by atoms with Crippen molar-refractivity contribution in [3.8, 4) is 136 Å². The van der Waals surface area contributed by atoms with Crippen LogP contribution in [0.3, 0.4) is 0 Å². The van der Waals surface area contributed by atoms with Gasteiger partial charge in [-0.1, -0.05) is 232 Å². The second kappa shape index (κ2) is 31.5. The Kier molecular flexibility index (Phi) is 22.0. The molecule has 15 heteroatoms. The summed E-state index contributed by atoms with van der Waals surface area (Å²) in [6, 6.07) is 82.9. The van der Waals surface area contributed by atoms with Gasteiger partial charge in [0.1, 0.15) is 41.8 Å². The molecule has 3 N–H and O–H groups in total. The Balaban J connectivity index is 0.000000192. The van der Waals surface area contributed by atoms with Crippen LogP contribution in [0.15, 0.2) is 279 Å². The molecule has 2 aromatic heterocycles. The Bertz CT molecular complexity index is 4390. The van der Waals surface area contributed by atoms with Crippen LogP contribution in [-0.2, 0) is 14.3 Å². The number of aliphatic hydroxyl groups excluding tert-OH is 1. The Labute approximate surface area is 556 Å². The molecule has 0 aliphatic heterocycles. The molecule has 0 fully saturated rings. The second-order valence-corrected chi connectivity index (χ2v) is 22.6. The molecule has 2 heterocycles. The van der Waals surface area contributed by atoms with E-state index >= 15 is 0 Å². The summed E-state index contributed by atoms with van der Waals surface area (Å²) in [6.45, 7) is 13.4. The lowest BCUT2D eigenvalue weighted by atomic mass is 10.0. The smallest absolute Gasteiger partial charge is 0.333 e. The molecule has 12 aromatic rings. The van der Waals surface area contributed by atoms with Crippen LogP contribution in [0, 0.1) is 0 Å². The Hall–Kier alpha value is -11.7. The molecule has 12 rings (SSSR count). The third-order valence-electron chi connectivity index (χ3n) is 14.8. The number of allylic oxidation sites excluding steroid dienone is 1. The number of halogens is 1. The van der Waals surface area contributed by atoms with Gasteiger partial charge in [-0.3, -0.25) is 4.79 Å². The van der Waals surface area contributed by atoms with Gasteiger partial charge in [-0.05, 0) is 108 Å². The zero-order valence-corrected chi connectivity index (χ0v) is 53.4. The van der Waals surface area contributed by atoms with Crippen molar-refractivity contribution in [1.29, 1.82) is 0 Å². The van der Waals surface area contributed by atoms with Gasteiger partial charge < -0.3 is 29.5 Å². The highest BCUT2D eigenvalue weighted by atomic mass is 35.5. The highest BCUT2D eigenvalue weighted by Crippen LogP contribution is 2.37. The number of hydrogen-bond donors (Lipinski definition) is 3. The molecule has 0 radical (unpaired) electrons. The number of carbonyl (C=O) groups excluding carboxylic acids is 2. The largest absolute Gasteiger partial charge is 0.507 e. The maximum atomic E-state index is 11.7. The van der Waals surface area contributed by atoms with Gasteiger partial charge in [0.25, 0.3) is 0 Å². The number of ether oxygens (including phenoxy) is 3. The fourth-order valence-corrected chi connectivity index (χ4v) is 9.68. The van der Waals surface area contributed by atoms with Crippen LogP contribution in [0.1, 0.15) is 27.7 Å². The zero-order chi connectivity index (χ0) is 66.8. The van der Waals surface area contributed by atoms with E-state index < -0.39 is 23.4 Å². The van der Waals surface area contributed by atoms with Crippen LogP contribution in [-0.4, -0.2) is 81.9 Å². The molecule has 2 atom stereocenters. The highest BCUT2D eigenvalue weighted by Gasteiger charge is 2.20. The van der Waals surface area contributed by atoms with E-state index in [1.807, 2.05) is 170 Å². The molecular weight excluding hydrogens is 1210 g/mol. The van der Waals surface area contributed by atoms with Crippen molar-refractivity contribution in [3.05, 3.63) is 279 Å². The van der Waals surface area contributed by atoms with E-state index in [2.05, 4.69) is 61.7 Å². The van der Waals surface area contributed by atoms with Crippen LogP contribution in [0.4, 0.5) is 0 Å². The van der Waals surface area contributed by atoms with Gasteiger partial charge in [0, 0.05) is 45.5 Å². The molecule has 0 saturated carbocycles. The van der Waals surface area contributed by atoms with Crippen LogP contribution in [0.2, 0.25) is 0 Å².